The molecule has 0 spiro atoms. The van der Waals surface area contributed by atoms with Crippen LogP contribution < -0.4 is 4.31 Å². The van der Waals surface area contributed by atoms with Crippen LogP contribution in [0.3, 0.4) is 0 Å². The molecule has 0 saturated carbocycles. The molecular formula is C25H21F4N5O3S2. The molecule has 2 heterocycles. The van der Waals surface area contributed by atoms with Crippen molar-refractivity contribution in [2.45, 2.75) is 4.90 Å². The number of thiazole rings is 1. The van der Waals surface area contributed by atoms with Gasteiger partial charge in [-0.2, -0.15) is 0 Å². The van der Waals surface area contributed by atoms with E-state index < -0.39 is 56.2 Å². The highest BCUT2D eigenvalue weighted by atomic mass is 32.2. The Morgan fingerprint density at radius 3 is 2.38 bits per heavy atom. The summed E-state index contributed by atoms with van der Waals surface area (Å²) in [6, 6.07) is 6.79. The Morgan fingerprint density at radius 2 is 1.72 bits per heavy atom. The molecule has 0 aliphatic carbocycles. The summed E-state index contributed by atoms with van der Waals surface area (Å²) in [4.78, 5) is 13.5. The van der Waals surface area contributed by atoms with Gasteiger partial charge in [0.25, 0.3) is 10.0 Å². The third-order valence-corrected chi connectivity index (χ3v) is 8.00. The first-order valence-electron chi connectivity index (χ1n) is 11.1. The minimum atomic E-state index is -4.90. The minimum Gasteiger partial charge on any atom is -0.369 e. The SMILES string of the molecule is COCN(c1ccc(F)c(-c2nc(/N=C/N(C)C)sc2-c2ccncc2)c1F)S(=O)(=O)c1cc(F)ccc1F. The second-order valence-electron chi connectivity index (χ2n) is 8.22. The van der Waals surface area contributed by atoms with E-state index in [1.54, 1.807) is 31.1 Å². The van der Waals surface area contributed by atoms with E-state index in [-0.39, 0.29) is 10.8 Å². The lowest BCUT2D eigenvalue weighted by molar-refractivity contribution is 0.209. The van der Waals surface area contributed by atoms with Crippen LogP contribution in [0.4, 0.5) is 28.4 Å². The zero-order valence-corrected chi connectivity index (χ0v) is 22.4. The van der Waals surface area contributed by atoms with Crippen molar-refractivity contribution in [1.29, 1.82) is 0 Å². The summed E-state index contributed by atoms with van der Waals surface area (Å²) in [7, 11) is -0.308. The molecule has 0 radical (unpaired) electrons. The van der Waals surface area contributed by atoms with Crippen LogP contribution >= 0.6 is 11.3 Å². The van der Waals surface area contributed by atoms with Crippen molar-refractivity contribution in [2.75, 3.05) is 32.2 Å². The molecule has 4 aromatic rings. The Bertz CT molecular complexity index is 1630. The van der Waals surface area contributed by atoms with E-state index in [2.05, 4.69) is 15.0 Å². The number of benzene rings is 2. The molecule has 0 saturated heterocycles. The van der Waals surface area contributed by atoms with Gasteiger partial charge in [0.15, 0.2) is 5.82 Å². The normalized spacial score (nSPS) is 11.8. The number of aromatic nitrogens is 2. The van der Waals surface area contributed by atoms with Crippen molar-refractivity contribution >= 4 is 38.5 Å². The Balaban J connectivity index is 1.94. The highest BCUT2D eigenvalue weighted by Crippen LogP contribution is 2.43. The van der Waals surface area contributed by atoms with Gasteiger partial charge in [-0.1, -0.05) is 11.3 Å². The first-order chi connectivity index (χ1) is 18.5. The number of anilines is 1. The van der Waals surface area contributed by atoms with E-state index in [9.17, 15) is 17.2 Å². The fraction of sp³-hybridized carbons (Fsp3) is 0.160. The number of hydrogen-bond donors (Lipinski definition) is 0. The molecule has 0 unspecified atom stereocenters. The average molecular weight is 580 g/mol. The van der Waals surface area contributed by atoms with Crippen LogP contribution in [-0.2, 0) is 14.8 Å². The first-order valence-corrected chi connectivity index (χ1v) is 13.4. The number of rotatable bonds is 9. The van der Waals surface area contributed by atoms with Crippen LogP contribution in [0.5, 0.6) is 0 Å². The van der Waals surface area contributed by atoms with Gasteiger partial charge in [-0.3, -0.25) is 4.98 Å². The highest BCUT2D eigenvalue weighted by molar-refractivity contribution is 7.92. The number of ether oxygens (including phenoxy) is 1. The highest BCUT2D eigenvalue weighted by Gasteiger charge is 2.33. The molecule has 0 N–H and O–H groups in total. The lowest BCUT2D eigenvalue weighted by Gasteiger charge is -2.25. The molecule has 0 aliphatic rings. The molecule has 0 atom stereocenters. The predicted octanol–water partition coefficient (Wildman–Crippen LogP) is 5.45. The summed E-state index contributed by atoms with van der Waals surface area (Å²) in [6.45, 7) is -0.785. The van der Waals surface area contributed by atoms with Crippen molar-refractivity contribution < 1.29 is 30.7 Å². The summed E-state index contributed by atoms with van der Waals surface area (Å²) < 4.78 is 91.8. The maximum absolute atomic E-state index is 16.2. The van der Waals surface area contributed by atoms with Gasteiger partial charge in [-0.25, -0.2) is 40.3 Å². The number of halogens is 4. The number of aliphatic imine (C=N–C) groups is 1. The van der Waals surface area contributed by atoms with Crippen molar-refractivity contribution in [3.8, 4) is 21.7 Å². The molecule has 0 amide bonds. The predicted molar refractivity (Wildman–Crippen MR) is 140 cm³/mol. The molecule has 0 bridgehead atoms. The number of sulfonamides is 1. The fourth-order valence-electron chi connectivity index (χ4n) is 3.53. The maximum Gasteiger partial charge on any atom is 0.269 e. The van der Waals surface area contributed by atoms with Crippen LogP contribution in [0.2, 0.25) is 0 Å². The molecular weight excluding hydrogens is 558 g/mol. The van der Waals surface area contributed by atoms with Gasteiger partial charge in [0, 0.05) is 33.6 Å². The first kappa shape index (κ1) is 28.1. The van der Waals surface area contributed by atoms with Gasteiger partial charge in [0.1, 0.15) is 29.1 Å². The second kappa shape index (κ2) is 11.5. The molecule has 0 aliphatic heterocycles. The lowest BCUT2D eigenvalue weighted by atomic mass is 10.1. The van der Waals surface area contributed by atoms with Crippen LogP contribution in [0.1, 0.15) is 0 Å². The number of methoxy groups -OCH3 is 1. The summed E-state index contributed by atoms with van der Waals surface area (Å²) >= 11 is 1.05. The third-order valence-electron chi connectivity index (χ3n) is 5.24. The lowest BCUT2D eigenvalue weighted by Crippen LogP contribution is -2.34. The molecule has 4 rings (SSSR count). The monoisotopic (exact) mass is 579 g/mol. The number of nitrogens with zero attached hydrogens (tertiary/aromatic N) is 5. The molecule has 2 aromatic carbocycles. The number of hydrogen-bond acceptors (Lipinski definition) is 7. The smallest absolute Gasteiger partial charge is 0.269 e. The average Bonchev–Trinajstić information content (AvgIpc) is 3.32. The van der Waals surface area contributed by atoms with Crippen molar-refractivity contribution in [1.82, 2.24) is 14.9 Å². The topological polar surface area (TPSA) is 88.0 Å². The molecule has 8 nitrogen and oxygen atoms in total. The summed E-state index contributed by atoms with van der Waals surface area (Å²) in [5, 5.41) is 0.179. The van der Waals surface area contributed by atoms with Crippen LogP contribution in [0, 0.1) is 23.3 Å². The van der Waals surface area contributed by atoms with Gasteiger partial charge in [-0.05, 0) is 48.0 Å². The largest absolute Gasteiger partial charge is 0.369 e. The molecule has 39 heavy (non-hydrogen) atoms. The third kappa shape index (κ3) is 5.77. The Morgan fingerprint density at radius 1 is 1.03 bits per heavy atom. The van der Waals surface area contributed by atoms with Crippen LogP contribution in [-0.4, -0.2) is 57.6 Å². The van der Waals surface area contributed by atoms with E-state index in [1.807, 2.05) is 0 Å². The van der Waals surface area contributed by atoms with E-state index in [0.29, 0.717) is 26.9 Å². The van der Waals surface area contributed by atoms with Gasteiger partial charge >= 0.3 is 0 Å². The summed E-state index contributed by atoms with van der Waals surface area (Å²) in [6.07, 6.45) is 4.44. The fourth-order valence-corrected chi connectivity index (χ4v) is 5.90. The molecule has 14 heteroatoms. The summed E-state index contributed by atoms with van der Waals surface area (Å²) in [5.74, 6) is -4.63. The van der Waals surface area contributed by atoms with Crippen molar-refractivity contribution in [3.63, 3.8) is 0 Å². The van der Waals surface area contributed by atoms with Crippen molar-refractivity contribution in [3.05, 3.63) is 78.1 Å². The van der Waals surface area contributed by atoms with Gasteiger partial charge in [-0.15, -0.1) is 0 Å². The standard InChI is InChI=1S/C25H21F4N5O3S2/c1-33(2)13-31-25-32-23(24(38-25)15-8-10-30-11-9-15)21-18(28)6-7-19(22(21)29)34(14-37-3)39(35,36)20-12-16(26)4-5-17(20)27/h4-13H,14H2,1-3H3/b31-13+. The zero-order valence-electron chi connectivity index (χ0n) is 20.8. The van der Waals surface area contributed by atoms with E-state index in [1.165, 1.54) is 18.7 Å². The van der Waals surface area contributed by atoms with E-state index >= 15 is 8.78 Å². The van der Waals surface area contributed by atoms with E-state index in [4.69, 9.17) is 4.74 Å². The quantitative estimate of drug-likeness (QED) is 0.113. The van der Waals surface area contributed by atoms with Gasteiger partial charge in [0.05, 0.1) is 28.2 Å². The maximum atomic E-state index is 16.2. The van der Waals surface area contributed by atoms with E-state index in [0.717, 1.165) is 36.6 Å². The minimum absolute atomic E-state index is 0.138. The van der Waals surface area contributed by atoms with Gasteiger partial charge < -0.3 is 9.64 Å². The van der Waals surface area contributed by atoms with Crippen LogP contribution in [0.15, 0.2) is 64.7 Å². The molecule has 204 valence electrons. The molecule has 2 aromatic heterocycles. The molecule has 0 fully saturated rings. The van der Waals surface area contributed by atoms with Crippen molar-refractivity contribution in [2.24, 2.45) is 4.99 Å². The summed E-state index contributed by atoms with van der Waals surface area (Å²) in [5.41, 5.74) is -0.904. The Hall–Kier alpha value is -3.88. The van der Waals surface area contributed by atoms with Crippen LogP contribution in [0.25, 0.3) is 21.7 Å². The second-order valence-corrected chi connectivity index (χ2v) is 11.0. The number of pyridine rings is 1. The Kier molecular flexibility index (Phi) is 8.28. The van der Waals surface area contributed by atoms with Gasteiger partial charge in [0.2, 0.25) is 5.13 Å². The Labute approximate surface area is 225 Å². The zero-order chi connectivity index (χ0) is 28.3.